The average Bonchev–Trinajstić information content (AvgIpc) is 2.66. The molecular weight excluding hydrogens is 244 g/mol. The fourth-order valence-electron chi connectivity index (χ4n) is 0.875. The van der Waals surface area contributed by atoms with Crippen molar-refractivity contribution in [3.63, 3.8) is 0 Å². The van der Waals surface area contributed by atoms with Gasteiger partial charge in [-0.05, 0) is 13.8 Å². The van der Waals surface area contributed by atoms with E-state index in [0.29, 0.717) is 11.5 Å². The number of anilines is 1. The van der Waals surface area contributed by atoms with Gasteiger partial charge in [-0.3, -0.25) is 9.59 Å². The molecule has 0 aliphatic carbocycles. The van der Waals surface area contributed by atoms with Gasteiger partial charge in [-0.15, -0.1) is 11.3 Å². The highest BCUT2D eigenvalue weighted by Gasteiger charge is 2.15. The van der Waals surface area contributed by atoms with Crippen LogP contribution in [0.2, 0.25) is 0 Å². The first-order chi connectivity index (χ1) is 8.04. The van der Waals surface area contributed by atoms with Crippen molar-refractivity contribution in [2.45, 2.75) is 20.0 Å². The fraction of sp³-hybridized carbons (Fsp3) is 0.333. The van der Waals surface area contributed by atoms with Crippen LogP contribution in [0, 0.1) is 0 Å². The number of amides is 2. The van der Waals surface area contributed by atoms with Gasteiger partial charge in [-0.1, -0.05) is 5.16 Å². The van der Waals surface area contributed by atoms with Gasteiger partial charge in [0.25, 0.3) is 5.91 Å². The molecule has 2 amide bonds. The third kappa shape index (κ3) is 3.83. The van der Waals surface area contributed by atoms with Gasteiger partial charge in [0.15, 0.2) is 10.8 Å². The smallest absolute Gasteiger partial charge is 0.273 e. The molecule has 0 atom stereocenters. The summed E-state index contributed by atoms with van der Waals surface area (Å²) in [4.78, 5) is 30.3. The summed E-state index contributed by atoms with van der Waals surface area (Å²) in [5.41, 5.74) is 5.36. The van der Waals surface area contributed by atoms with Gasteiger partial charge in [0.1, 0.15) is 11.8 Å². The molecule has 0 spiro atoms. The Bertz CT molecular complexity index is 441. The average molecular weight is 256 g/mol. The van der Waals surface area contributed by atoms with Crippen molar-refractivity contribution in [2.24, 2.45) is 10.9 Å². The number of oxime groups is 1. The van der Waals surface area contributed by atoms with Crippen molar-refractivity contribution in [1.29, 1.82) is 0 Å². The maximum Gasteiger partial charge on any atom is 0.273 e. The highest BCUT2D eigenvalue weighted by Crippen LogP contribution is 2.15. The largest absolute Gasteiger partial charge is 0.392 e. The number of nitrogens with two attached hydrogens (primary N) is 1. The van der Waals surface area contributed by atoms with E-state index in [1.165, 1.54) is 0 Å². The molecule has 0 radical (unpaired) electrons. The lowest BCUT2D eigenvalue weighted by Gasteiger charge is -2.03. The van der Waals surface area contributed by atoms with Gasteiger partial charge in [0.05, 0.1) is 0 Å². The fourth-order valence-corrected chi connectivity index (χ4v) is 1.53. The molecule has 7 nitrogen and oxygen atoms in total. The number of nitrogens with one attached hydrogen (secondary N) is 1. The second-order valence-electron chi connectivity index (χ2n) is 3.26. The van der Waals surface area contributed by atoms with Gasteiger partial charge >= 0.3 is 0 Å². The maximum absolute atomic E-state index is 11.2. The zero-order valence-electron chi connectivity index (χ0n) is 9.34. The minimum atomic E-state index is -0.742. The number of carbonyl (C=O) groups is 2. The lowest BCUT2D eigenvalue weighted by Crippen LogP contribution is -2.25. The molecule has 92 valence electrons. The highest BCUT2D eigenvalue weighted by molar-refractivity contribution is 7.14. The minimum absolute atomic E-state index is 0.0751. The van der Waals surface area contributed by atoms with Gasteiger partial charge in [0.2, 0.25) is 6.41 Å². The van der Waals surface area contributed by atoms with Gasteiger partial charge in [-0.2, -0.15) is 0 Å². The molecule has 0 bridgehead atoms. The standard InChI is InChI=1S/C9H12N4O3S/c1-5(2)16-13-7(8(10)15)6-3-17-9(12-6)11-4-14/h3-5H,1-2H3,(H2,10,15)(H,11,12,14)/b13-7-. The highest BCUT2D eigenvalue weighted by atomic mass is 32.1. The third-order valence-corrected chi connectivity index (χ3v) is 2.29. The summed E-state index contributed by atoms with van der Waals surface area (Å²) in [7, 11) is 0. The summed E-state index contributed by atoms with van der Waals surface area (Å²) in [5, 5.41) is 7.91. The minimum Gasteiger partial charge on any atom is -0.392 e. The normalized spacial score (nSPS) is 11.4. The first-order valence-electron chi connectivity index (χ1n) is 4.74. The SMILES string of the molecule is CC(C)O/N=C(\C(N)=O)c1csc(NC=O)n1. The summed E-state index contributed by atoms with van der Waals surface area (Å²) in [6.45, 7) is 3.53. The Hall–Kier alpha value is -1.96. The number of thiazole rings is 1. The number of hydrogen-bond acceptors (Lipinski definition) is 6. The van der Waals surface area contributed by atoms with E-state index < -0.39 is 5.91 Å². The molecule has 3 N–H and O–H groups in total. The molecule has 1 heterocycles. The van der Waals surface area contributed by atoms with Crippen LogP contribution >= 0.6 is 11.3 Å². The van der Waals surface area contributed by atoms with Crippen LogP contribution in [0.3, 0.4) is 0 Å². The van der Waals surface area contributed by atoms with E-state index in [1.54, 1.807) is 19.2 Å². The van der Waals surface area contributed by atoms with Crippen molar-refractivity contribution in [1.82, 2.24) is 4.98 Å². The zero-order chi connectivity index (χ0) is 12.8. The van der Waals surface area contributed by atoms with Crippen LogP contribution in [-0.2, 0) is 14.4 Å². The molecule has 0 saturated carbocycles. The van der Waals surface area contributed by atoms with E-state index in [2.05, 4.69) is 15.5 Å². The molecule has 0 unspecified atom stereocenters. The number of rotatable bonds is 6. The van der Waals surface area contributed by atoms with Crippen molar-refractivity contribution in [2.75, 3.05) is 5.32 Å². The first kappa shape index (κ1) is 13.1. The predicted octanol–water partition coefficient (Wildman–Crippen LogP) is 0.326. The Labute approximate surface area is 102 Å². The van der Waals surface area contributed by atoms with Crippen LogP contribution in [-0.4, -0.2) is 29.1 Å². The van der Waals surface area contributed by atoms with Crippen LogP contribution < -0.4 is 11.1 Å². The molecule has 8 heteroatoms. The molecule has 0 aromatic carbocycles. The molecule has 17 heavy (non-hydrogen) atoms. The molecule has 1 rings (SSSR count). The molecule has 1 aromatic heterocycles. The van der Waals surface area contributed by atoms with E-state index >= 15 is 0 Å². The number of carbonyl (C=O) groups excluding carboxylic acids is 2. The quantitative estimate of drug-likeness (QED) is 0.434. The number of nitrogens with zero attached hydrogens (tertiary/aromatic N) is 2. The topological polar surface area (TPSA) is 107 Å². The predicted molar refractivity (Wildman–Crippen MR) is 63.8 cm³/mol. The van der Waals surface area contributed by atoms with Crippen LogP contribution in [0.4, 0.5) is 5.13 Å². The Morgan fingerprint density at radius 3 is 2.94 bits per heavy atom. The Morgan fingerprint density at radius 1 is 1.71 bits per heavy atom. The molecule has 1 aromatic rings. The van der Waals surface area contributed by atoms with E-state index in [4.69, 9.17) is 10.6 Å². The van der Waals surface area contributed by atoms with Crippen molar-refractivity contribution < 1.29 is 14.4 Å². The van der Waals surface area contributed by atoms with E-state index in [-0.39, 0.29) is 17.5 Å². The van der Waals surface area contributed by atoms with Gasteiger partial charge in [-0.25, -0.2) is 4.98 Å². The van der Waals surface area contributed by atoms with E-state index in [0.717, 1.165) is 11.3 Å². The van der Waals surface area contributed by atoms with Crippen LogP contribution in [0.1, 0.15) is 19.5 Å². The van der Waals surface area contributed by atoms with E-state index in [1.807, 2.05) is 0 Å². The maximum atomic E-state index is 11.2. The Balaban J connectivity index is 2.93. The third-order valence-electron chi connectivity index (χ3n) is 1.52. The summed E-state index contributed by atoms with van der Waals surface area (Å²) < 4.78 is 0. The van der Waals surface area contributed by atoms with Crippen molar-refractivity contribution in [3.05, 3.63) is 11.1 Å². The summed E-state index contributed by atoms with van der Waals surface area (Å²) >= 11 is 1.16. The zero-order valence-corrected chi connectivity index (χ0v) is 10.2. The molecule has 0 aliphatic rings. The lowest BCUT2D eigenvalue weighted by molar-refractivity contribution is -0.112. The van der Waals surface area contributed by atoms with Crippen LogP contribution in [0.25, 0.3) is 0 Å². The number of hydrogen-bond donors (Lipinski definition) is 2. The first-order valence-corrected chi connectivity index (χ1v) is 5.62. The van der Waals surface area contributed by atoms with Crippen molar-refractivity contribution >= 4 is 34.5 Å². The molecule has 0 saturated heterocycles. The Kier molecular flexibility index (Phi) is 4.58. The lowest BCUT2D eigenvalue weighted by atomic mass is 10.3. The van der Waals surface area contributed by atoms with Crippen LogP contribution in [0.5, 0.6) is 0 Å². The van der Waals surface area contributed by atoms with Gasteiger partial charge in [0, 0.05) is 5.38 Å². The second kappa shape index (κ2) is 5.94. The molecule has 0 aliphatic heterocycles. The number of aromatic nitrogens is 1. The molecule has 0 fully saturated rings. The Morgan fingerprint density at radius 2 is 2.41 bits per heavy atom. The summed E-state index contributed by atoms with van der Waals surface area (Å²) in [6, 6.07) is 0. The monoisotopic (exact) mass is 256 g/mol. The summed E-state index contributed by atoms with van der Waals surface area (Å²) in [5.74, 6) is -0.742. The van der Waals surface area contributed by atoms with Crippen LogP contribution in [0.15, 0.2) is 10.5 Å². The van der Waals surface area contributed by atoms with Gasteiger partial charge < -0.3 is 15.9 Å². The van der Waals surface area contributed by atoms with Crippen molar-refractivity contribution in [3.8, 4) is 0 Å². The summed E-state index contributed by atoms with van der Waals surface area (Å²) in [6.07, 6.45) is 0.324. The van der Waals surface area contributed by atoms with E-state index in [9.17, 15) is 9.59 Å². The molecular formula is C9H12N4O3S. The second-order valence-corrected chi connectivity index (χ2v) is 4.12. The number of primary amides is 1.